The normalized spacial score (nSPS) is 13.1. The van der Waals surface area contributed by atoms with E-state index < -0.39 is 5.97 Å². The number of carbonyl (C=O) groups excluding carboxylic acids is 1. The molecule has 0 heterocycles. The van der Waals surface area contributed by atoms with Gasteiger partial charge in [0.05, 0.1) is 0 Å². The summed E-state index contributed by atoms with van der Waals surface area (Å²) in [6.45, 7) is 4.37. The van der Waals surface area contributed by atoms with E-state index in [0.717, 1.165) is 64.2 Å². The number of carbonyl (C=O) groups is 2. The smallest absolute Gasteiger partial charge is 0.306 e. The van der Waals surface area contributed by atoms with Gasteiger partial charge in [-0.2, -0.15) is 0 Å². The van der Waals surface area contributed by atoms with Crippen molar-refractivity contribution in [3.63, 3.8) is 0 Å². The van der Waals surface area contributed by atoms with Crippen molar-refractivity contribution in [1.29, 1.82) is 0 Å². The lowest BCUT2D eigenvalue weighted by molar-refractivity contribution is -0.150. The second-order valence-electron chi connectivity index (χ2n) is 9.91. The molecule has 0 saturated heterocycles. The van der Waals surface area contributed by atoms with Crippen LogP contribution in [-0.4, -0.2) is 23.1 Å². The number of carboxylic acids is 1. The fraction of sp³-hybridized carbons (Fsp3) is 0.647. The fourth-order valence-corrected chi connectivity index (χ4v) is 4.05. The van der Waals surface area contributed by atoms with Crippen molar-refractivity contribution in [3.05, 3.63) is 60.8 Å². The predicted molar refractivity (Wildman–Crippen MR) is 162 cm³/mol. The Morgan fingerprint density at radius 1 is 0.605 bits per heavy atom. The molecule has 1 N–H and O–H groups in total. The standard InChI is InChI=1S/C34H56O4/c1-3-5-7-9-11-12-13-14-15-16-17-18-19-20-22-24-26-31-34(37)38-32(29-27-30-33(35)36)28-25-23-21-10-8-6-4-2/h5,7,11-12,14-15,17-18,20,22,32H,3-4,6,8-10,13,16,19,21,23-31H2,1-2H3,(H,35,36)/b7-5-,12-11-,15-14-,18-17-,22-20-. The van der Waals surface area contributed by atoms with E-state index in [1.807, 2.05) is 0 Å². The molecule has 4 heteroatoms. The molecule has 0 bridgehead atoms. The lowest BCUT2D eigenvalue weighted by atomic mass is 10.0. The van der Waals surface area contributed by atoms with Gasteiger partial charge in [0.15, 0.2) is 0 Å². The summed E-state index contributed by atoms with van der Waals surface area (Å²) in [4.78, 5) is 23.2. The van der Waals surface area contributed by atoms with Crippen LogP contribution in [0.4, 0.5) is 0 Å². The number of hydrogen-bond acceptors (Lipinski definition) is 3. The summed E-state index contributed by atoms with van der Waals surface area (Å²) in [6.07, 6.45) is 39.4. The summed E-state index contributed by atoms with van der Waals surface area (Å²) in [6, 6.07) is 0. The van der Waals surface area contributed by atoms with Crippen molar-refractivity contribution < 1.29 is 19.4 Å². The highest BCUT2D eigenvalue weighted by molar-refractivity contribution is 5.69. The summed E-state index contributed by atoms with van der Waals surface area (Å²) in [5.41, 5.74) is 0. The van der Waals surface area contributed by atoms with Crippen LogP contribution < -0.4 is 0 Å². The molecule has 0 aliphatic heterocycles. The minimum Gasteiger partial charge on any atom is -0.481 e. The maximum atomic E-state index is 12.3. The first-order chi connectivity index (χ1) is 18.6. The molecule has 0 spiro atoms. The third kappa shape index (κ3) is 28.2. The van der Waals surface area contributed by atoms with E-state index in [1.54, 1.807) is 0 Å². The number of unbranched alkanes of at least 4 members (excludes halogenated alkanes) is 7. The third-order valence-electron chi connectivity index (χ3n) is 6.25. The Labute approximate surface area is 234 Å². The van der Waals surface area contributed by atoms with E-state index in [4.69, 9.17) is 9.84 Å². The Bertz CT molecular complexity index is 699. The SMILES string of the molecule is CC/C=C\C/C=C\C/C=C\C/C=C\C/C=C\CCCC(=O)OC(CCCCCCCCC)CCCC(=O)O. The van der Waals surface area contributed by atoms with Crippen LogP contribution in [0.1, 0.15) is 136 Å². The van der Waals surface area contributed by atoms with Gasteiger partial charge in [0.2, 0.25) is 0 Å². The summed E-state index contributed by atoms with van der Waals surface area (Å²) < 4.78 is 5.73. The lowest BCUT2D eigenvalue weighted by Crippen LogP contribution is -2.18. The van der Waals surface area contributed by atoms with Crippen LogP contribution in [0.3, 0.4) is 0 Å². The van der Waals surface area contributed by atoms with Gasteiger partial charge >= 0.3 is 11.9 Å². The molecular formula is C34H56O4. The van der Waals surface area contributed by atoms with E-state index >= 15 is 0 Å². The van der Waals surface area contributed by atoms with Crippen molar-refractivity contribution in [2.45, 2.75) is 142 Å². The van der Waals surface area contributed by atoms with E-state index in [1.165, 1.54) is 32.1 Å². The van der Waals surface area contributed by atoms with Crippen molar-refractivity contribution in [1.82, 2.24) is 0 Å². The number of ether oxygens (including phenoxy) is 1. The highest BCUT2D eigenvalue weighted by atomic mass is 16.5. The topological polar surface area (TPSA) is 63.6 Å². The Hall–Kier alpha value is -2.36. The van der Waals surface area contributed by atoms with E-state index in [0.29, 0.717) is 19.3 Å². The van der Waals surface area contributed by atoms with Crippen molar-refractivity contribution in [3.8, 4) is 0 Å². The van der Waals surface area contributed by atoms with Gasteiger partial charge < -0.3 is 9.84 Å². The largest absolute Gasteiger partial charge is 0.481 e. The average Bonchev–Trinajstić information content (AvgIpc) is 2.89. The second-order valence-corrected chi connectivity index (χ2v) is 9.91. The Morgan fingerprint density at radius 2 is 1.11 bits per heavy atom. The van der Waals surface area contributed by atoms with Crippen LogP contribution in [0.15, 0.2) is 60.8 Å². The molecule has 4 nitrogen and oxygen atoms in total. The molecule has 0 aliphatic rings. The molecule has 0 fully saturated rings. The van der Waals surface area contributed by atoms with Crippen molar-refractivity contribution in [2.75, 3.05) is 0 Å². The molecule has 0 rings (SSSR count). The van der Waals surface area contributed by atoms with Crippen LogP contribution in [0, 0.1) is 0 Å². The molecular weight excluding hydrogens is 472 g/mol. The third-order valence-corrected chi connectivity index (χ3v) is 6.25. The molecule has 0 amide bonds. The van der Waals surface area contributed by atoms with Gasteiger partial charge in [-0.25, -0.2) is 0 Å². The number of allylic oxidation sites excluding steroid dienone is 10. The zero-order valence-electron chi connectivity index (χ0n) is 24.5. The molecule has 0 saturated carbocycles. The van der Waals surface area contributed by atoms with Crippen LogP contribution in [0.25, 0.3) is 0 Å². The van der Waals surface area contributed by atoms with Gasteiger partial charge in [-0.3, -0.25) is 9.59 Å². The van der Waals surface area contributed by atoms with Crippen molar-refractivity contribution in [2.24, 2.45) is 0 Å². The first-order valence-corrected chi connectivity index (χ1v) is 15.3. The summed E-state index contributed by atoms with van der Waals surface area (Å²) in [7, 11) is 0. The minimum absolute atomic E-state index is 0.134. The number of hydrogen-bond donors (Lipinski definition) is 1. The van der Waals surface area contributed by atoms with Gasteiger partial charge in [-0.05, 0) is 70.6 Å². The zero-order chi connectivity index (χ0) is 27.9. The van der Waals surface area contributed by atoms with Gasteiger partial charge in [-0.1, -0.05) is 113 Å². The fourth-order valence-electron chi connectivity index (χ4n) is 4.05. The molecule has 38 heavy (non-hydrogen) atoms. The van der Waals surface area contributed by atoms with Crippen LogP contribution in [0.2, 0.25) is 0 Å². The van der Waals surface area contributed by atoms with Gasteiger partial charge in [0, 0.05) is 12.8 Å². The first kappa shape index (κ1) is 35.6. The number of carboxylic acid groups (broad SMARTS) is 1. The quantitative estimate of drug-likeness (QED) is 0.0689. The molecule has 0 aromatic rings. The Balaban J connectivity index is 4.00. The van der Waals surface area contributed by atoms with E-state index in [9.17, 15) is 9.59 Å². The van der Waals surface area contributed by atoms with E-state index in [2.05, 4.69) is 74.6 Å². The molecule has 0 radical (unpaired) electrons. The van der Waals surface area contributed by atoms with E-state index in [-0.39, 0.29) is 18.5 Å². The molecule has 1 unspecified atom stereocenters. The highest BCUT2D eigenvalue weighted by Crippen LogP contribution is 2.17. The maximum Gasteiger partial charge on any atom is 0.306 e. The number of rotatable bonds is 26. The van der Waals surface area contributed by atoms with Gasteiger partial charge in [0.25, 0.3) is 0 Å². The summed E-state index contributed by atoms with van der Waals surface area (Å²) >= 11 is 0. The zero-order valence-corrected chi connectivity index (χ0v) is 24.5. The average molecular weight is 529 g/mol. The first-order valence-electron chi connectivity index (χ1n) is 15.3. The Kier molecular flexibility index (Phi) is 27.4. The van der Waals surface area contributed by atoms with Gasteiger partial charge in [0.1, 0.15) is 6.10 Å². The molecule has 216 valence electrons. The minimum atomic E-state index is -0.789. The number of aliphatic carboxylic acids is 1. The van der Waals surface area contributed by atoms with Crippen molar-refractivity contribution >= 4 is 11.9 Å². The molecule has 0 aliphatic carbocycles. The second kappa shape index (κ2) is 29.2. The monoisotopic (exact) mass is 528 g/mol. The van der Waals surface area contributed by atoms with Crippen LogP contribution >= 0.6 is 0 Å². The van der Waals surface area contributed by atoms with Gasteiger partial charge in [-0.15, -0.1) is 0 Å². The molecule has 0 aromatic heterocycles. The highest BCUT2D eigenvalue weighted by Gasteiger charge is 2.14. The number of esters is 1. The van der Waals surface area contributed by atoms with Crippen LogP contribution in [0.5, 0.6) is 0 Å². The Morgan fingerprint density at radius 3 is 1.66 bits per heavy atom. The summed E-state index contributed by atoms with van der Waals surface area (Å²) in [5.74, 6) is -0.941. The predicted octanol–water partition coefficient (Wildman–Crippen LogP) is 10.2. The summed E-state index contributed by atoms with van der Waals surface area (Å²) in [5, 5.41) is 8.92. The van der Waals surface area contributed by atoms with Crippen LogP contribution in [-0.2, 0) is 14.3 Å². The molecule has 0 aromatic carbocycles. The molecule has 1 atom stereocenters. The maximum absolute atomic E-state index is 12.3. The lowest BCUT2D eigenvalue weighted by Gasteiger charge is -2.17.